The lowest BCUT2D eigenvalue weighted by molar-refractivity contribution is 0.197. The Morgan fingerprint density at radius 3 is 2.47 bits per heavy atom. The molecular formula is C22H29N5O4S. The number of aryl methyl sites for hydroxylation is 1. The van der Waals surface area contributed by atoms with E-state index in [2.05, 4.69) is 33.3 Å². The normalized spacial score (nSPS) is 17.8. The standard InChI is InChI=1S/C22H29N5O4S/c1-12(2)20-21-25-17-8-15(11-28)19(32(5,30)31)9-18(17)26(21)6-7-27(20)22-23-10-16(14(4)29)13(3)24-22/h8-10,12,14,20,28-29H,6-7,11H2,1-5H3/t14?,20-/m1/s1. The Balaban J connectivity index is 1.86. The highest BCUT2D eigenvalue weighted by Gasteiger charge is 2.35. The Kier molecular flexibility index (Phi) is 5.72. The van der Waals surface area contributed by atoms with Crippen LogP contribution < -0.4 is 4.90 Å². The second kappa shape index (κ2) is 8.09. The lowest BCUT2D eigenvalue weighted by Crippen LogP contribution is -2.42. The third-order valence-electron chi connectivity index (χ3n) is 6.04. The molecule has 32 heavy (non-hydrogen) atoms. The van der Waals surface area contributed by atoms with Gasteiger partial charge in [-0.15, -0.1) is 0 Å². The average Bonchev–Trinajstić information content (AvgIpc) is 3.08. The van der Waals surface area contributed by atoms with Crippen molar-refractivity contribution in [3.63, 3.8) is 0 Å². The van der Waals surface area contributed by atoms with E-state index in [0.717, 1.165) is 23.3 Å². The van der Waals surface area contributed by atoms with E-state index in [1.54, 1.807) is 25.3 Å². The molecule has 1 aliphatic heterocycles. The number of imidazole rings is 1. The minimum absolute atomic E-state index is 0.118. The predicted molar refractivity (Wildman–Crippen MR) is 121 cm³/mol. The molecule has 0 amide bonds. The topological polar surface area (TPSA) is 121 Å². The van der Waals surface area contributed by atoms with Gasteiger partial charge in [-0.2, -0.15) is 0 Å². The van der Waals surface area contributed by atoms with Crippen LogP contribution in [0, 0.1) is 12.8 Å². The number of hydrogen-bond acceptors (Lipinski definition) is 8. The molecule has 1 aromatic carbocycles. The highest BCUT2D eigenvalue weighted by molar-refractivity contribution is 7.90. The summed E-state index contributed by atoms with van der Waals surface area (Å²) >= 11 is 0. The number of nitrogens with zero attached hydrogens (tertiary/aromatic N) is 5. The van der Waals surface area contributed by atoms with Crippen molar-refractivity contribution in [2.75, 3.05) is 17.7 Å². The SMILES string of the molecule is Cc1nc(N2CCn3c(nc4cc(CO)c(S(C)(=O)=O)cc43)[C@H]2C(C)C)ncc1C(C)O. The summed E-state index contributed by atoms with van der Waals surface area (Å²) < 4.78 is 26.6. The van der Waals surface area contributed by atoms with Crippen LogP contribution in [0.5, 0.6) is 0 Å². The van der Waals surface area contributed by atoms with Crippen molar-refractivity contribution >= 4 is 26.8 Å². The largest absolute Gasteiger partial charge is 0.392 e. The van der Waals surface area contributed by atoms with Gasteiger partial charge in [0.25, 0.3) is 0 Å². The van der Waals surface area contributed by atoms with Crippen molar-refractivity contribution in [2.45, 2.75) is 57.9 Å². The summed E-state index contributed by atoms with van der Waals surface area (Å²) in [5.74, 6) is 1.58. The fraction of sp³-hybridized carbons (Fsp3) is 0.500. The quantitative estimate of drug-likeness (QED) is 0.596. The zero-order valence-electron chi connectivity index (χ0n) is 18.9. The second-order valence-corrected chi connectivity index (χ2v) is 10.8. The van der Waals surface area contributed by atoms with Gasteiger partial charge in [0, 0.05) is 36.8 Å². The highest BCUT2D eigenvalue weighted by Crippen LogP contribution is 2.37. The summed E-state index contributed by atoms with van der Waals surface area (Å²) in [4.78, 5) is 16.3. The van der Waals surface area contributed by atoms with Crippen LogP contribution in [0.1, 0.15) is 55.6 Å². The van der Waals surface area contributed by atoms with Gasteiger partial charge in [0.15, 0.2) is 9.84 Å². The number of anilines is 1. The van der Waals surface area contributed by atoms with Gasteiger partial charge in [-0.3, -0.25) is 0 Å². The van der Waals surface area contributed by atoms with Crippen LogP contribution in [0.4, 0.5) is 5.95 Å². The summed E-state index contributed by atoms with van der Waals surface area (Å²) in [5, 5.41) is 19.6. The summed E-state index contributed by atoms with van der Waals surface area (Å²) in [7, 11) is -3.49. The number of rotatable bonds is 5. The second-order valence-electron chi connectivity index (χ2n) is 8.77. The maximum atomic E-state index is 12.3. The predicted octanol–water partition coefficient (Wildman–Crippen LogP) is 2.30. The van der Waals surface area contributed by atoms with Crippen molar-refractivity contribution in [1.29, 1.82) is 0 Å². The molecule has 1 unspecified atom stereocenters. The highest BCUT2D eigenvalue weighted by atomic mass is 32.2. The molecule has 0 fully saturated rings. The van der Waals surface area contributed by atoms with Crippen LogP contribution in [-0.2, 0) is 23.0 Å². The van der Waals surface area contributed by atoms with Crippen molar-refractivity contribution in [2.24, 2.45) is 5.92 Å². The monoisotopic (exact) mass is 459 g/mol. The fourth-order valence-corrected chi connectivity index (χ4v) is 5.45. The summed E-state index contributed by atoms with van der Waals surface area (Å²) in [6, 6.07) is 3.17. The number of benzene rings is 1. The molecule has 172 valence electrons. The summed E-state index contributed by atoms with van der Waals surface area (Å²) in [5.41, 5.74) is 3.18. The molecule has 3 heterocycles. The van der Waals surface area contributed by atoms with Gasteiger partial charge in [0.05, 0.1) is 34.7 Å². The molecular weight excluding hydrogens is 430 g/mol. The fourth-order valence-electron chi connectivity index (χ4n) is 4.52. The van der Waals surface area contributed by atoms with Gasteiger partial charge in [-0.1, -0.05) is 13.8 Å². The lowest BCUT2D eigenvalue weighted by Gasteiger charge is -2.38. The van der Waals surface area contributed by atoms with E-state index in [0.29, 0.717) is 35.7 Å². The van der Waals surface area contributed by atoms with Gasteiger partial charge < -0.3 is 19.7 Å². The average molecular weight is 460 g/mol. The Morgan fingerprint density at radius 2 is 1.91 bits per heavy atom. The zero-order valence-corrected chi connectivity index (χ0v) is 19.8. The molecule has 9 nitrogen and oxygen atoms in total. The molecule has 2 aromatic heterocycles. The van der Waals surface area contributed by atoms with E-state index < -0.39 is 15.9 Å². The molecule has 3 aromatic rings. The molecule has 4 rings (SSSR count). The zero-order chi connectivity index (χ0) is 23.4. The lowest BCUT2D eigenvalue weighted by atomic mass is 10.00. The van der Waals surface area contributed by atoms with Crippen LogP contribution in [0.3, 0.4) is 0 Å². The maximum absolute atomic E-state index is 12.3. The Hall–Kier alpha value is -2.56. The molecule has 0 spiro atoms. The minimum Gasteiger partial charge on any atom is -0.392 e. The van der Waals surface area contributed by atoms with Crippen LogP contribution >= 0.6 is 0 Å². The minimum atomic E-state index is -3.49. The van der Waals surface area contributed by atoms with E-state index in [1.807, 2.05) is 6.92 Å². The molecule has 0 radical (unpaired) electrons. The summed E-state index contributed by atoms with van der Waals surface area (Å²) in [6.07, 6.45) is 2.18. The molecule has 0 saturated carbocycles. The summed E-state index contributed by atoms with van der Waals surface area (Å²) in [6.45, 7) is 8.61. The van der Waals surface area contributed by atoms with Gasteiger partial charge >= 0.3 is 0 Å². The van der Waals surface area contributed by atoms with Gasteiger partial charge in [-0.05, 0) is 37.5 Å². The molecule has 0 bridgehead atoms. The van der Waals surface area contributed by atoms with E-state index in [4.69, 9.17) is 4.98 Å². The van der Waals surface area contributed by atoms with Crippen LogP contribution in [0.15, 0.2) is 23.2 Å². The van der Waals surface area contributed by atoms with E-state index in [-0.39, 0.29) is 23.5 Å². The van der Waals surface area contributed by atoms with Crippen molar-refractivity contribution in [3.05, 3.63) is 41.0 Å². The first kappa shape index (κ1) is 22.6. The molecule has 2 N–H and O–H groups in total. The molecule has 1 aliphatic rings. The molecule has 10 heteroatoms. The van der Waals surface area contributed by atoms with E-state index in [1.165, 1.54) is 0 Å². The third-order valence-corrected chi connectivity index (χ3v) is 7.22. The van der Waals surface area contributed by atoms with Crippen molar-refractivity contribution < 1.29 is 18.6 Å². The number of sulfone groups is 1. The maximum Gasteiger partial charge on any atom is 0.226 e. The van der Waals surface area contributed by atoms with Crippen molar-refractivity contribution in [3.8, 4) is 0 Å². The van der Waals surface area contributed by atoms with Crippen LogP contribution in [0.25, 0.3) is 11.0 Å². The first-order valence-electron chi connectivity index (χ1n) is 10.6. The number of aromatic nitrogens is 4. The van der Waals surface area contributed by atoms with Crippen LogP contribution in [0.2, 0.25) is 0 Å². The molecule has 0 saturated heterocycles. The number of aliphatic hydroxyl groups is 2. The number of hydrogen-bond donors (Lipinski definition) is 2. The first-order valence-corrected chi connectivity index (χ1v) is 12.5. The van der Waals surface area contributed by atoms with Gasteiger partial charge in [0.2, 0.25) is 5.95 Å². The molecule has 2 atom stereocenters. The van der Waals surface area contributed by atoms with E-state index in [9.17, 15) is 18.6 Å². The number of aliphatic hydroxyl groups excluding tert-OH is 2. The Labute approximate surface area is 187 Å². The number of fused-ring (bicyclic) bond motifs is 3. The molecule has 0 aliphatic carbocycles. The Bertz CT molecular complexity index is 1280. The van der Waals surface area contributed by atoms with Crippen LogP contribution in [-0.4, -0.2) is 51.0 Å². The van der Waals surface area contributed by atoms with E-state index >= 15 is 0 Å². The van der Waals surface area contributed by atoms with Gasteiger partial charge in [0.1, 0.15) is 5.82 Å². The first-order chi connectivity index (χ1) is 15.0. The smallest absolute Gasteiger partial charge is 0.226 e. The Morgan fingerprint density at radius 1 is 1.19 bits per heavy atom. The third kappa shape index (κ3) is 3.76. The van der Waals surface area contributed by atoms with Crippen molar-refractivity contribution in [1.82, 2.24) is 19.5 Å². The van der Waals surface area contributed by atoms with Gasteiger partial charge in [-0.25, -0.2) is 23.4 Å².